The summed E-state index contributed by atoms with van der Waals surface area (Å²) < 4.78 is 5.76. The first-order valence-electron chi connectivity index (χ1n) is 15.1. The van der Waals surface area contributed by atoms with Gasteiger partial charge in [-0.25, -0.2) is 0 Å². The van der Waals surface area contributed by atoms with Crippen LogP contribution in [0.15, 0.2) is 72.9 Å². The van der Waals surface area contributed by atoms with Gasteiger partial charge in [-0.3, -0.25) is 19.4 Å². The van der Waals surface area contributed by atoms with E-state index in [9.17, 15) is 14.4 Å². The zero-order valence-electron chi connectivity index (χ0n) is 24.3. The third-order valence-electron chi connectivity index (χ3n) is 7.50. The van der Waals surface area contributed by atoms with E-state index in [0.717, 1.165) is 23.2 Å². The average Bonchev–Trinajstić information content (AvgIpc) is 3.03. The van der Waals surface area contributed by atoms with E-state index >= 15 is 0 Å². The number of nitrogens with one attached hydrogen (secondary N) is 3. The standard InChI is InChI=1S/C34H42N4O4/c39-32(12-7-13-33(40)37-23-26-8-3-1-4-9-26)35-20-21-42-31-18-15-28(16-19-31)29-14-17-30(36-25-29)22-34(41)38-24-27-10-5-2-6-11-27/h2,5-6,10-11,14-19,25-26H,1,3-4,7-9,12-13,20-24H2,(H,35,39)(H,37,40)(H,38,41). The number of aromatic nitrogens is 1. The van der Waals surface area contributed by atoms with Crippen LogP contribution in [0.1, 0.15) is 62.6 Å². The molecular weight excluding hydrogens is 528 g/mol. The second kappa shape index (κ2) is 16.9. The number of hydrogen-bond acceptors (Lipinski definition) is 5. The minimum Gasteiger partial charge on any atom is -0.492 e. The van der Waals surface area contributed by atoms with Gasteiger partial charge in [-0.2, -0.15) is 0 Å². The molecule has 3 aromatic rings. The van der Waals surface area contributed by atoms with Crippen LogP contribution in [0.3, 0.4) is 0 Å². The first-order valence-corrected chi connectivity index (χ1v) is 15.1. The van der Waals surface area contributed by atoms with Crippen molar-refractivity contribution in [3.63, 3.8) is 0 Å². The van der Waals surface area contributed by atoms with Crippen LogP contribution in [0, 0.1) is 5.92 Å². The molecule has 2 aromatic carbocycles. The summed E-state index contributed by atoms with van der Waals surface area (Å²) in [6.07, 6.45) is 9.51. The fraction of sp³-hybridized carbons (Fsp3) is 0.412. The van der Waals surface area contributed by atoms with E-state index in [2.05, 4.69) is 20.9 Å². The van der Waals surface area contributed by atoms with Crippen molar-refractivity contribution in [3.05, 3.63) is 84.2 Å². The van der Waals surface area contributed by atoms with E-state index in [1.165, 1.54) is 32.1 Å². The first-order chi connectivity index (χ1) is 20.5. The van der Waals surface area contributed by atoms with Gasteiger partial charge in [0.05, 0.1) is 13.0 Å². The van der Waals surface area contributed by atoms with Crippen LogP contribution >= 0.6 is 0 Å². The number of benzene rings is 2. The molecule has 3 amide bonds. The van der Waals surface area contributed by atoms with E-state index in [0.29, 0.717) is 56.3 Å². The monoisotopic (exact) mass is 570 g/mol. The van der Waals surface area contributed by atoms with Crippen molar-refractivity contribution in [2.45, 2.75) is 64.3 Å². The third-order valence-corrected chi connectivity index (χ3v) is 7.50. The Morgan fingerprint density at radius 1 is 0.762 bits per heavy atom. The molecule has 8 nitrogen and oxygen atoms in total. The second-order valence-electron chi connectivity index (χ2n) is 10.9. The van der Waals surface area contributed by atoms with Gasteiger partial charge in [0, 0.05) is 43.4 Å². The Bertz CT molecular complexity index is 1260. The molecule has 0 spiro atoms. The molecule has 1 aliphatic carbocycles. The van der Waals surface area contributed by atoms with Crippen molar-refractivity contribution in [1.29, 1.82) is 0 Å². The normalized spacial score (nSPS) is 13.2. The van der Waals surface area contributed by atoms with Crippen molar-refractivity contribution in [3.8, 4) is 16.9 Å². The van der Waals surface area contributed by atoms with Gasteiger partial charge in [0.2, 0.25) is 17.7 Å². The summed E-state index contributed by atoms with van der Waals surface area (Å²) >= 11 is 0. The van der Waals surface area contributed by atoms with E-state index in [1.807, 2.05) is 66.7 Å². The lowest BCUT2D eigenvalue weighted by atomic mass is 9.89. The van der Waals surface area contributed by atoms with Crippen molar-refractivity contribution >= 4 is 17.7 Å². The molecule has 1 aliphatic rings. The molecule has 0 bridgehead atoms. The summed E-state index contributed by atoms with van der Waals surface area (Å²) in [6.45, 7) is 2.02. The van der Waals surface area contributed by atoms with Crippen molar-refractivity contribution in [1.82, 2.24) is 20.9 Å². The highest BCUT2D eigenvalue weighted by Crippen LogP contribution is 2.23. The van der Waals surface area contributed by atoms with E-state index in [-0.39, 0.29) is 24.1 Å². The lowest BCUT2D eigenvalue weighted by molar-refractivity contribution is -0.123. The number of pyridine rings is 1. The maximum Gasteiger partial charge on any atom is 0.226 e. The smallest absolute Gasteiger partial charge is 0.226 e. The van der Waals surface area contributed by atoms with Crippen molar-refractivity contribution in [2.24, 2.45) is 5.92 Å². The zero-order chi connectivity index (χ0) is 29.4. The number of amides is 3. The molecule has 1 saturated carbocycles. The van der Waals surface area contributed by atoms with Crippen LogP contribution in [0.2, 0.25) is 0 Å². The summed E-state index contributed by atoms with van der Waals surface area (Å²) in [5, 5.41) is 8.79. The van der Waals surface area contributed by atoms with Crippen LogP contribution in [0.4, 0.5) is 0 Å². The van der Waals surface area contributed by atoms with Gasteiger partial charge in [0.15, 0.2) is 0 Å². The fourth-order valence-electron chi connectivity index (χ4n) is 5.06. The van der Waals surface area contributed by atoms with Gasteiger partial charge in [0.25, 0.3) is 0 Å². The average molecular weight is 571 g/mol. The molecule has 1 fully saturated rings. The van der Waals surface area contributed by atoms with E-state index in [4.69, 9.17) is 4.74 Å². The zero-order valence-corrected chi connectivity index (χ0v) is 24.3. The Balaban J connectivity index is 1.07. The molecule has 0 unspecified atom stereocenters. The molecule has 1 aromatic heterocycles. The summed E-state index contributed by atoms with van der Waals surface area (Å²) in [4.78, 5) is 40.8. The van der Waals surface area contributed by atoms with Gasteiger partial charge in [-0.15, -0.1) is 0 Å². The Hall–Kier alpha value is -4.20. The Morgan fingerprint density at radius 2 is 1.48 bits per heavy atom. The maximum atomic E-state index is 12.3. The minimum absolute atomic E-state index is 0.0359. The Morgan fingerprint density at radius 3 is 2.19 bits per heavy atom. The predicted octanol–water partition coefficient (Wildman–Crippen LogP) is 4.97. The van der Waals surface area contributed by atoms with Crippen LogP contribution in [0.5, 0.6) is 5.75 Å². The Kier molecular flexibility index (Phi) is 12.4. The molecule has 0 radical (unpaired) electrons. The SMILES string of the molecule is O=C(CCCC(=O)NCC1CCCCC1)NCCOc1ccc(-c2ccc(CC(=O)NCc3ccccc3)nc2)cc1. The van der Waals surface area contributed by atoms with Gasteiger partial charge in [0.1, 0.15) is 12.4 Å². The molecule has 0 aliphatic heterocycles. The highest BCUT2D eigenvalue weighted by molar-refractivity contribution is 5.79. The van der Waals surface area contributed by atoms with Crippen LogP contribution in [0.25, 0.3) is 11.1 Å². The summed E-state index contributed by atoms with van der Waals surface area (Å²) in [5.41, 5.74) is 3.71. The van der Waals surface area contributed by atoms with Crippen molar-refractivity contribution < 1.29 is 19.1 Å². The number of rotatable bonds is 15. The summed E-state index contributed by atoms with van der Waals surface area (Å²) in [7, 11) is 0. The number of hydrogen-bond donors (Lipinski definition) is 3. The number of nitrogens with zero attached hydrogens (tertiary/aromatic N) is 1. The largest absolute Gasteiger partial charge is 0.492 e. The second-order valence-corrected chi connectivity index (χ2v) is 10.9. The quantitative estimate of drug-likeness (QED) is 0.224. The number of ether oxygens (including phenoxy) is 1. The summed E-state index contributed by atoms with van der Waals surface area (Å²) in [5.74, 6) is 1.22. The topological polar surface area (TPSA) is 109 Å². The van der Waals surface area contributed by atoms with Crippen LogP contribution in [-0.4, -0.2) is 42.4 Å². The molecule has 0 atom stereocenters. The number of carbonyl (C=O) groups is 3. The molecular formula is C34H42N4O4. The van der Waals surface area contributed by atoms with E-state index in [1.54, 1.807) is 6.20 Å². The highest BCUT2D eigenvalue weighted by atomic mass is 16.5. The highest BCUT2D eigenvalue weighted by Gasteiger charge is 2.14. The fourth-order valence-corrected chi connectivity index (χ4v) is 5.06. The molecule has 42 heavy (non-hydrogen) atoms. The van der Waals surface area contributed by atoms with E-state index < -0.39 is 0 Å². The number of carbonyl (C=O) groups excluding carboxylic acids is 3. The molecule has 8 heteroatoms. The van der Waals surface area contributed by atoms with Gasteiger partial charge in [-0.05, 0) is 54.5 Å². The molecule has 1 heterocycles. The van der Waals surface area contributed by atoms with Gasteiger partial charge < -0.3 is 20.7 Å². The van der Waals surface area contributed by atoms with Crippen LogP contribution in [-0.2, 0) is 27.3 Å². The third kappa shape index (κ3) is 11.0. The summed E-state index contributed by atoms with van der Waals surface area (Å²) in [6, 6.07) is 21.3. The Labute approximate surface area is 248 Å². The minimum atomic E-state index is -0.0707. The van der Waals surface area contributed by atoms with Gasteiger partial charge >= 0.3 is 0 Å². The van der Waals surface area contributed by atoms with Crippen LogP contribution < -0.4 is 20.7 Å². The molecule has 222 valence electrons. The van der Waals surface area contributed by atoms with Gasteiger partial charge in [-0.1, -0.05) is 67.8 Å². The lowest BCUT2D eigenvalue weighted by Gasteiger charge is -2.21. The molecule has 0 saturated heterocycles. The molecule has 3 N–H and O–H groups in total. The molecule has 4 rings (SSSR count). The maximum absolute atomic E-state index is 12.3. The van der Waals surface area contributed by atoms with Crippen molar-refractivity contribution in [2.75, 3.05) is 19.7 Å². The lowest BCUT2D eigenvalue weighted by Crippen LogP contribution is -2.31. The first kappa shape index (κ1) is 30.8. The predicted molar refractivity (Wildman–Crippen MR) is 164 cm³/mol.